The van der Waals surface area contributed by atoms with Crippen LogP contribution in [0.1, 0.15) is 105 Å². The highest BCUT2D eigenvalue weighted by molar-refractivity contribution is 6.04. The predicted molar refractivity (Wildman–Crippen MR) is 157 cm³/mol. The van der Waals surface area contributed by atoms with E-state index in [9.17, 15) is 9.59 Å². The normalized spacial score (nSPS) is 11.2. The molecule has 38 heavy (non-hydrogen) atoms. The van der Waals surface area contributed by atoms with Gasteiger partial charge in [0.25, 0.3) is 0 Å². The smallest absolute Gasteiger partial charge is 0.343 e. The molecule has 1 N–H and O–H groups in total. The highest BCUT2D eigenvalue weighted by Gasteiger charge is 2.13. The molecule has 0 aromatic heterocycles. The number of benzene rings is 3. The van der Waals surface area contributed by atoms with Crippen molar-refractivity contribution in [3.05, 3.63) is 77.4 Å². The third-order valence-electron chi connectivity index (χ3n) is 6.81. The van der Waals surface area contributed by atoms with Gasteiger partial charge in [-0.05, 0) is 42.3 Å². The second-order valence-electron chi connectivity index (χ2n) is 10.0. The molecule has 5 nitrogen and oxygen atoms in total. The largest absolute Gasteiger partial charge is 0.422 e. The van der Waals surface area contributed by atoms with Gasteiger partial charge in [-0.15, -0.1) is 0 Å². The summed E-state index contributed by atoms with van der Waals surface area (Å²) in [6.45, 7) is 4.22. The molecule has 0 radical (unpaired) electrons. The molecule has 3 aromatic rings. The maximum Gasteiger partial charge on any atom is 0.343 e. The Morgan fingerprint density at radius 1 is 0.789 bits per heavy atom. The van der Waals surface area contributed by atoms with Gasteiger partial charge in [-0.3, -0.25) is 4.79 Å². The van der Waals surface area contributed by atoms with Gasteiger partial charge >= 0.3 is 5.97 Å². The lowest BCUT2D eigenvalue weighted by molar-refractivity contribution is -0.121. The van der Waals surface area contributed by atoms with Crippen LogP contribution in [0.15, 0.2) is 65.8 Å². The zero-order chi connectivity index (χ0) is 27.0. The maximum absolute atomic E-state index is 12.7. The fourth-order valence-corrected chi connectivity index (χ4v) is 4.52. The van der Waals surface area contributed by atoms with Gasteiger partial charge in [0.05, 0.1) is 11.8 Å². The summed E-state index contributed by atoms with van der Waals surface area (Å²) in [6, 6.07) is 18.8. The van der Waals surface area contributed by atoms with Crippen LogP contribution in [0.4, 0.5) is 0 Å². The van der Waals surface area contributed by atoms with E-state index in [-0.39, 0.29) is 5.91 Å². The van der Waals surface area contributed by atoms with Crippen molar-refractivity contribution in [2.24, 2.45) is 5.10 Å². The van der Waals surface area contributed by atoms with E-state index in [1.54, 1.807) is 24.4 Å². The minimum absolute atomic E-state index is 0.101. The van der Waals surface area contributed by atoms with Crippen molar-refractivity contribution in [2.45, 2.75) is 90.9 Å². The number of ether oxygens (including phenoxy) is 1. The van der Waals surface area contributed by atoms with Gasteiger partial charge in [0.15, 0.2) is 0 Å². The summed E-state index contributed by atoms with van der Waals surface area (Å²) in [5.74, 6) is -0.135. The van der Waals surface area contributed by atoms with Crippen molar-refractivity contribution in [3.8, 4) is 5.75 Å². The van der Waals surface area contributed by atoms with Gasteiger partial charge in [0, 0.05) is 12.0 Å². The van der Waals surface area contributed by atoms with Crippen LogP contribution >= 0.6 is 0 Å². The molecule has 0 bridgehead atoms. The van der Waals surface area contributed by atoms with E-state index in [0.717, 1.165) is 29.2 Å². The predicted octanol–water partition coefficient (Wildman–Crippen LogP) is 8.52. The van der Waals surface area contributed by atoms with E-state index in [2.05, 4.69) is 17.5 Å². The summed E-state index contributed by atoms with van der Waals surface area (Å²) in [4.78, 5) is 25.1. The number of rotatable bonds is 16. The number of hydrogen-bond donors (Lipinski definition) is 1. The molecular weight excluding hydrogens is 472 g/mol. The van der Waals surface area contributed by atoms with Crippen LogP contribution in [0.5, 0.6) is 5.75 Å². The Morgan fingerprint density at radius 3 is 2.11 bits per heavy atom. The lowest BCUT2D eigenvalue weighted by Crippen LogP contribution is -2.17. The minimum atomic E-state index is -0.435. The molecule has 1 amide bonds. The molecule has 0 fully saturated rings. The number of amides is 1. The number of esters is 1. The van der Waals surface area contributed by atoms with Crippen LogP contribution in [0.2, 0.25) is 0 Å². The fraction of sp³-hybridized carbons (Fsp3) is 0.424. The lowest BCUT2D eigenvalue weighted by Gasteiger charge is -2.11. The van der Waals surface area contributed by atoms with Gasteiger partial charge < -0.3 is 4.74 Å². The number of carbonyl (C=O) groups excluding carboxylic acids is 2. The Kier molecular flexibility index (Phi) is 12.5. The number of fused-ring (bicyclic) bond motifs is 1. The zero-order valence-corrected chi connectivity index (χ0v) is 23.0. The molecular formula is C33H42N2O3. The SMILES string of the molecule is CCCCCCCCCCCCCC(=O)NN=Cc1c(OC(=O)c2ccc(C)cc2)ccc2ccccc12. The summed E-state index contributed by atoms with van der Waals surface area (Å²) >= 11 is 0. The third-order valence-corrected chi connectivity index (χ3v) is 6.81. The molecule has 0 saturated heterocycles. The molecule has 0 aliphatic heterocycles. The van der Waals surface area contributed by atoms with Crippen molar-refractivity contribution in [1.82, 2.24) is 5.43 Å². The molecule has 3 rings (SSSR count). The summed E-state index contributed by atoms with van der Waals surface area (Å²) in [5.41, 5.74) is 4.84. The number of unbranched alkanes of at least 4 members (excludes halogenated alkanes) is 10. The number of aryl methyl sites for hydroxylation is 1. The highest BCUT2D eigenvalue weighted by Crippen LogP contribution is 2.27. The minimum Gasteiger partial charge on any atom is -0.422 e. The van der Waals surface area contributed by atoms with E-state index in [4.69, 9.17) is 4.74 Å². The number of nitrogens with one attached hydrogen (secondary N) is 1. The first kappa shape index (κ1) is 29.1. The van der Waals surface area contributed by atoms with E-state index < -0.39 is 5.97 Å². The average molecular weight is 515 g/mol. The summed E-state index contributed by atoms with van der Waals surface area (Å²) < 4.78 is 5.74. The van der Waals surface area contributed by atoms with Crippen molar-refractivity contribution < 1.29 is 14.3 Å². The Hall–Kier alpha value is -3.47. The standard InChI is InChI=1S/C33H42N2O3/c1-3-4-5-6-7-8-9-10-11-12-13-18-32(36)35-34-25-30-29-17-15-14-16-27(29)23-24-31(30)38-33(37)28-21-19-26(2)20-22-28/h14-17,19-25H,3-13,18H2,1-2H3,(H,35,36). The van der Waals surface area contributed by atoms with E-state index in [1.165, 1.54) is 57.8 Å². The van der Waals surface area contributed by atoms with Crippen LogP contribution in [0.25, 0.3) is 10.8 Å². The van der Waals surface area contributed by atoms with E-state index >= 15 is 0 Å². The molecule has 0 spiro atoms. The van der Waals surface area contributed by atoms with Gasteiger partial charge in [-0.2, -0.15) is 5.10 Å². The summed E-state index contributed by atoms with van der Waals surface area (Å²) in [5, 5.41) is 6.09. The van der Waals surface area contributed by atoms with Crippen LogP contribution in [-0.2, 0) is 4.79 Å². The average Bonchev–Trinajstić information content (AvgIpc) is 2.93. The quantitative estimate of drug-likeness (QED) is 0.0685. The summed E-state index contributed by atoms with van der Waals surface area (Å²) in [7, 11) is 0. The second kappa shape index (κ2) is 16.4. The molecule has 0 aliphatic carbocycles. The van der Waals surface area contributed by atoms with Gasteiger partial charge in [-0.1, -0.05) is 119 Å². The van der Waals surface area contributed by atoms with Gasteiger partial charge in [0.2, 0.25) is 5.91 Å². The topological polar surface area (TPSA) is 67.8 Å². The Balaban J connectivity index is 1.48. The molecule has 5 heteroatoms. The molecule has 0 aliphatic rings. The van der Waals surface area contributed by atoms with Gasteiger partial charge in [-0.25, -0.2) is 10.2 Å². The molecule has 0 unspecified atom stereocenters. The van der Waals surface area contributed by atoms with E-state index in [1.807, 2.05) is 49.4 Å². The molecule has 3 aromatic carbocycles. The molecule has 0 heterocycles. The molecule has 0 saturated carbocycles. The van der Waals surface area contributed by atoms with Crippen molar-refractivity contribution in [3.63, 3.8) is 0 Å². The highest BCUT2D eigenvalue weighted by atomic mass is 16.5. The monoisotopic (exact) mass is 514 g/mol. The van der Waals surface area contributed by atoms with Crippen LogP contribution in [-0.4, -0.2) is 18.1 Å². The van der Waals surface area contributed by atoms with Crippen LogP contribution < -0.4 is 10.2 Å². The first-order chi connectivity index (χ1) is 18.6. The Morgan fingerprint density at radius 2 is 1.42 bits per heavy atom. The zero-order valence-electron chi connectivity index (χ0n) is 23.0. The van der Waals surface area contributed by atoms with Gasteiger partial charge in [0.1, 0.15) is 5.75 Å². The Bertz CT molecular complexity index is 1180. The van der Waals surface area contributed by atoms with E-state index in [0.29, 0.717) is 23.3 Å². The fourth-order valence-electron chi connectivity index (χ4n) is 4.52. The summed E-state index contributed by atoms with van der Waals surface area (Å²) in [6.07, 6.45) is 15.8. The second-order valence-corrected chi connectivity index (χ2v) is 10.0. The number of hydrazone groups is 1. The Labute approximate surface area is 227 Å². The van der Waals surface area contributed by atoms with Crippen LogP contribution in [0, 0.1) is 6.92 Å². The number of nitrogens with zero attached hydrogens (tertiary/aromatic N) is 1. The first-order valence-corrected chi connectivity index (χ1v) is 14.2. The van der Waals surface area contributed by atoms with Crippen LogP contribution in [0.3, 0.4) is 0 Å². The number of carbonyl (C=O) groups is 2. The lowest BCUT2D eigenvalue weighted by atomic mass is 10.0. The van der Waals surface area contributed by atoms with Crippen molar-refractivity contribution in [1.29, 1.82) is 0 Å². The third kappa shape index (κ3) is 9.77. The van der Waals surface area contributed by atoms with Crippen molar-refractivity contribution in [2.75, 3.05) is 0 Å². The molecule has 202 valence electrons. The van der Waals surface area contributed by atoms with Crippen molar-refractivity contribution >= 4 is 28.9 Å². The molecule has 0 atom stereocenters. The maximum atomic E-state index is 12.7. The first-order valence-electron chi connectivity index (χ1n) is 14.2. The number of hydrogen-bond acceptors (Lipinski definition) is 4.